The summed E-state index contributed by atoms with van der Waals surface area (Å²) in [6.45, 7) is 5.91. The second kappa shape index (κ2) is 4.23. The fourth-order valence-electron chi connectivity index (χ4n) is 1.90. The zero-order valence-electron chi connectivity index (χ0n) is 9.44. The van der Waals surface area contributed by atoms with Gasteiger partial charge in [0.15, 0.2) is 0 Å². The second-order valence-corrected chi connectivity index (χ2v) is 4.27. The Kier molecular flexibility index (Phi) is 2.95. The lowest BCUT2D eigenvalue weighted by molar-refractivity contribution is 0.193. The summed E-state index contributed by atoms with van der Waals surface area (Å²) in [5, 5.41) is 4.57. The maximum Gasteiger partial charge on any atom is 0.0908 e. The number of nitrogens with two attached hydrogens (primary N) is 1. The number of nitrogens with zero attached hydrogens (tertiary/aromatic N) is 2. The van der Waals surface area contributed by atoms with Crippen LogP contribution in [0.2, 0.25) is 0 Å². The molecule has 2 heterocycles. The molecular weight excluding hydrogens is 190 g/mol. The van der Waals surface area contributed by atoms with E-state index in [1.807, 2.05) is 10.9 Å². The molecule has 1 aliphatic heterocycles. The molecule has 1 saturated heterocycles. The van der Waals surface area contributed by atoms with Crippen LogP contribution in [0.4, 0.5) is 5.69 Å². The summed E-state index contributed by atoms with van der Waals surface area (Å²) in [6, 6.07) is 0.420. The van der Waals surface area contributed by atoms with E-state index in [2.05, 4.69) is 18.9 Å². The first-order valence-corrected chi connectivity index (χ1v) is 5.64. The Morgan fingerprint density at radius 3 is 3.13 bits per heavy atom. The number of hydrogen-bond donors (Lipinski definition) is 1. The van der Waals surface area contributed by atoms with E-state index in [1.165, 1.54) is 0 Å². The van der Waals surface area contributed by atoms with Gasteiger partial charge in [-0.25, -0.2) is 0 Å². The minimum atomic E-state index is 0.398. The van der Waals surface area contributed by atoms with Crippen LogP contribution in [0.5, 0.6) is 0 Å². The van der Waals surface area contributed by atoms with Crippen LogP contribution in [0, 0.1) is 0 Å². The minimum Gasteiger partial charge on any atom is -0.396 e. The fourth-order valence-corrected chi connectivity index (χ4v) is 1.90. The molecule has 1 aliphatic rings. The predicted molar refractivity (Wildman–Crippen MR) is 59.8 cm³/mol. The monoisotopic (exact) mass is 209 g/mol. The quantitative estimate of drug-likeness (QED) is 0.827. The standard InChI is InChI=1S/C11H19N3O/c1-3-8(2)14-6-10(12)11(13-14)9-4-5-15-7-9/h6,8-9H,3-5,7,12H2,1-2H3. The molecule has 0 radical (unpaired) electrons. The molecule has 0 saturated carbocycles. The summed E-state index contributed by atoms with van der Waals surface area (Å²) in [5.41, 5.74) is 7.81. The lowest BCUT2D eigenvalue weighted by Gasteiger charge is -2.08. The first kappa shape index (κ1) is 10.5. The van der Waals surface area contributed by atoms with Crippen molar-refractivity contribution < 1.29 is 4.74 Å². The van der Waals surface area contributed by atoms with Gasteiger partial charge in [-0.1, -0.05) is 6.92 Å². The largest absolute Gasteiger partial charge is 0.396 e. The number of ether oxygens (including phenoxy) is 1. The van der Waals surface area contributed by atoms with Gasteiger partial charge in [-0.2, -0.15) is 5.10 Å². The molecule has 0 aliphatic carbocycles. The molecule has 0 spiro atoms. The average Bonchev–Trinajstić information content (AvgIpc) is 2.84. The van der Waals surface area contributed by atoms with Gasteiger partial charge < -0.3 is 10.5 Å². The van der Waals surface area contributed by atoms with E-state index < -0.39 is 0 Å². The molecular formula is C11H19N3O. The summed E-state index contributed by atoms with van der Waals surface area (Å²) in [7, 11) is 0. The van der Waals surface area contributed by atoms with E-state index in [1.54, 1.807) is 0 Å². The van der Waals surface area contributed by atoms with Crippen molar-refractivity contribution >= 4 is 5.69 Å². The Labute approximate surface area is 90.4 Å². The Morgan fingerprint density at radius 2 is 2.53 bits per heavy atom. The first-order valence-electron chi connectivity index (χ1n) is 5.64. The molecule has 2 atom stereocenters. The van der Waals surface area contributed by atoms with Gasteiger partial charge >= 0.3 is 0 Å². The number of anilines is 1. The summed E-state index contributed by atoms with van der Waals surface area (Å²) >= 11 is 0. The highest BCUT2D eigenvalue weighted by atomic mass is 16.5. The highest BCUT2D eigenvalue weighted by Crippen LogP contribution is 2.29. The van der Waals surface area contributed by atoms with Crippen molar-refractivity contribution in [2.75, 3.05) is 18.9 Å². The van der Waals surface area contributed by atoms with E-state index in [0.29, 0.717) is 12.0 Å². The van der Waals surface area contributed by atoms with Crippen molar-refractivity contribution in [2.24, 2.45) is 0 Å². The molecule has 1 fully saturated rings. The van der Waals surface area contributed by atoms with Crippen molar-refractivity contribution in [1.29, 1.82) is 0 Å². The lowest BCUT2D eigenvalue weighted by atomic mass is 10.0. The minimum absolute atomic E-state index is 0.398. The third kappa shape index (κ3) is 2.00. The Morgan fingerprint density at radius 1 is 1.73 bits per heavy atom. The van der Waals surface area contributed by atoms with Gasteiger partial charge in [-0.15, -0.1) is 0 Å². The Bertz CT molecular complexity index is 329. The molecule has 4 nitrogen and oxygen atoms in total. The van der Waals surface area contributed by atoms with Crippen LogP contribution in [-0.2, 0) is 4.74 Å². The number of aromatic nitrogens is 2. The smallest absolute Gasteiger partial charge is 0.0908 e. The van der Waals surface area contributed by atoms with Gasteiger partial charge in [0.2, 0.25) is 0 Å². The van der Waals surface area contributed by atoms with Crippen LogP contribution in [0.3, 0.4) is 0 Å². The van der Waals surface area contributed by atoms with Crippen LogP contribution in [0.15, 0.2) is 6.20 Å². The summed E-state index contributed by atoms with van der Waals surface area (Å²) in [5.74, 6) is 0.398. The van der Waals surface area contributed by atoms with Crippen LogP contribution in [0.25, 0.3) is 0 Å². The third-order valence-electron chi connectivity index (χ3n) is 3.15. The topological polar surface area (TPSA) is 53.1 Å². The van der Waals surface area contributed by atoms with Crippen LogP contribution >= 0.6 is 0 Å². The van der Waals surface area contributed by atoms with Crippen molar-refractivity contribution in [3.05, 3.63) is 11.9 Å². The normalized spacial score (nSPS) is 23.2. The molecule has 0 bridgehead atoms. The van der Waals surface area contributed by atoms with Gasteiger partial charge in [0, 0.05) is 24.8 Å². The molecule has 0 amide bonds. The highest BCUT2D eigenvalue weighted by molar-refractivity contribution is 5.43. The van der Waals surface area contributed by atoms with Crippen molar-refractivity contribution in [2.45, 2.75) is 38.6 Å². The van der Waals surface area contributed by atoms with Crippen molar-refractivity contribution in [3.8, 4) is 0 Å². The highest BCUT2D eigenvalue weighted by Gasteiger charge is 2.23. The zero-order chi connectivity index (χ0) is 10.8. The average molecular weight is 209 g/mol. The van der Waals surface area contributed by atoms with E-state index in [4.69, 9.17) is 10.5 Å². The van der Waals surface area contributed by atoms with Crippen LogP contribution in [-0.4, -0.2) is 23.0 Å². The molecule has 2 rings (SSSR count). The molecule has 84 valence electrons. The molecule has 4 heteroatoms. The van der Waals surface area contributed by atoms with Crippen LogP contribution in [0.1, 0.15) is 44.3 Å². The van der Waals surface area contributed by atoms with Gasteiger partial charge in [-0.05, 0) is 19.8 Å². The third-order valence-corrected chi connectivity index (χ3v) is 3.15. The Hall–Kier alpha value is -1.03. The van der Waals surface area contributed by atoms with Crippen molar-refractivity contribution in [3.63, 3.8) is 0 Å². The van der Waals surface area contributed by atoms with Gasteiger partial charge in [0.05, 0.1) is 18.0 Å². The molecule has 1 aromatic rings. The lowest BCUT2D eigenvalue weighted by Crippen LogP contribution is -2.06. The fraction of sp³-hybridized carbons (Fsp3) is 0.727. The first-order chi connectivity index (χ1) is 7.22. The molecule has 2 unspecified atom stereocenters. The molecule has 2 N–H and O–H groups in total. The van der Waals surface area contributed by atoms with Crippen molar-refractivity contribution in [1.82, 2.24) is 9.78 Å². The maximum absolute atomic E-state index is 5.97. The van der Waals surface area contributed by atoms with Gasteiger partial charge in [-0.3, -0.25) is 4.68 Å². The maximum atomic E-state index is 5.97. The van der Waals surface area contributed by atoms with E-state index in [9.17, 15) is 0 Å². The second-order valence-electron chi connectivity index (χ2n) is 4.27. The predicted octanol–water partition coefficient (Wildman–Crippen LogP) is 1.94. The van der Waals surface area contributed by atoms with E-state index in [-0.39, 0.29) is 0 Å². The zero-order valence-corrected chi connectivity index (χ0v) is 9.44. The SMILES string of the molecule is CCC(C)n1cc(N)c(C2CCOC2)n1. The molecule has 1 aromatic heterocycles. The number of nitrogen functional groups attached to an aromatic ring is 1. The van der Waals surface area contributed by atoms with E-state index >= 15 is 0 Å². The van der Waals surface area contributed by atoms with Crippen LogP contribution < -0.4 is 5.73 Å². The van der Waals surface area contributed by atoms with Gasteiger partial charge in [0.25, 0.3) is 0 Å². The molecule has 15 heavy (non-hydrogen) atoms. The number of rotatable bonds is 3. The number of hydrogen-bond acceptors (Lipinski definition) is 3. The Balaban J connectivity index is 2.20. The van der Waals surface area contributed by atoms with E-state index in [0.717, 1.165) is 37.4 Å². The summed E-state index contributed by atoms with van der Waals surface area (Å²) in [4.78, 5) is 0. The molecule has 0 aromatic carbocycles. The summed E-state index contributed by atoms with van der Waals surface area (Å²) in [6.07, 6.45) is 4.06. The summed E-state index contributed by atoms with van der Waals surface area (Å²) < 4.78 is 7.33. The van der Waals surface area contributed by atoms with Gasteiger partial charge in [0.1, 0.15) is 0 Å².